The van der Waals surface area contributed by atoms with E-state index in [1.165, 1.54) is 0 Å². The average molecular weight is 289 g/mol. The van der Waals surface area contributed by atoms with Gasteiger partial charge in [-0.05, 0) is 6.92 Å². The Kier molecular flexibility index (Phi) is 4.86. The molecule has 21 heavy (non-hydrogen) atoms. The third-order valence-corrected chi connectivity index (χ3v) is 3.25. The van der Waals surface area contributed by atoms with Crippen LogP contribution >= 0.6 is 0 Å². The molecule has 7 heteroatoms. The van der Waals surface area contributed by atoms with Crippen molar-refractivity contribution in [3.05, 3.63) is 30.2 Å². The summed E-state index contributed by atoms with van der Waals surface area (Å²) < 4.78 is 0. The van der Waals surface area contributed by atoms with Crippen LogP contribution in [0.4, 0.5) is 5.82 Å². The molecular formula is C14H19N5O2. The van der Waals surface area contributed by atoms with Gasteiger partial charge in [-0.3, -0.25) is 9.59 Å². The van der Waals surface area contributed by atoms with Gasteiger partial charge in [-0.15, -0.1) is 6.58 Å². The minimum absolute atomic E-state index is 0.242. The Morgan fingerprint density at radius 1 is 1.38 bits per heavy atom. The lowest BCUT2D eigenvalue weighted by Gasteiger charge is -2.33. The molecule has 1 aromatic rings. The quantitative estimate of drug-likeness (QED) is 0.609. The van der Waals surface area contributed by atoms with Gasteiger partial charge in [0, 0.05) is 38.8 Å². The molecule has 0 aromatic carbocycles. The van der Waals surface area contributed by atoms with E-state index in [1.807, 2.05) is 0 Å². The van der Waals surface area contributed by atoms with E-state index in [0.717, 1.165) is 12.2 Å². The van der Waals surface area contributed by atoms with Crippen LogP contribution in [0.1, 0.15) is 16.3 Å². The van der Waals surface area contributed by atoms with Gasteiger partial charge in [-0.2, -0.15) is 0 Å². The SMILES string of the molecule is C=CCNC(=O)c1cc(N2CCN(C=O)CC2)nc(C)n1. The van der Waals surface area contributed by atoms with E-state index in [2.05, 4.69) is 26.8 Å². The van der Waals surface area contributed by atoms with Gasteiger partial charge >= 0.3 is 0 Å². The second-order valence-corrected chi connectivity index (χ2v) is 4.79. The second kappa shape index (κ2) is 6.83. The first kappa shape index (κ1) is 15.0. The number of nitrogens with one attached hydrogen (secondary N) is 1. The zero-order valence-corrected chi connectivity index (χ0v) is 12.1. The largest absolute Gasteiger partial charge is 0.353 e. The summed E-state index contributed by atoms with van der Waals surface area (Å²) in [6.45, 7) is 8.43. The first-order valence-electron chi connectivity index (χ1n) is 6.83. The summed E-state index contributed by atoms with van der Waals surface area (Å²) in [6, 6.07) is 1.68. The Hall–Kier alpha value is -2.44. The van der Waals surface area contributed by atoms with Crippen molar-refractivity contribution in [3.8, 4) is 0 Å². The first-order valence-corrected chi connectivity index (χ1v) is 6.83. The Bertz CT molecular complexity index is 538. The van der Waals surface area contributed by atoms with E-state index < -0.39 is 0 Å². The molecule has 7 nitrogen and oxygen atoms in total. The van der Waals surface area contributed by atoms with Crippen LogP contribution in [0.2, 0.25) is 0 Å². The molecule has 0 unspecified atom stereocenters. The molecule has 2 rings (SSSR count). The molecule has 1 fully saturated rings. The summed E-state index contributed by atoms with van der Waals surface area (Å²) in [7, 11) is 0. The molecule has 0 aliphatic carbocycles. The lowest BCUT2D eigenvalue weighted by Crippen LogP contribution is -2.46. The highest BCUT2D eigenvalue weighted by Crippen LogP contribution is 2.15. The van der Waals surface area contributed by atoms with Crippen LogP contribution in [-0.4, -0.2) is 59.9 Å². The summed E-state index contributed by atoms with van der Waals surface area (Å²) in [5.74, 6) is 1.03. The fourth-order valence-corrected chi connectivity index (χ4v) is 2.14. The Balaban J connectivity index is 2.13. The van der Waals surface area contributed by atoms with E-state index in [4.69, 9.17) is 0 Å². The van der Waals surface area contributed by atoms with Crippen molar-refractivity contribution >= 4 is 18.1 Å². The number of anilines is 1. The highest BCUT2D eigenvalue weighted by atomic mass is 16.2. The van der Waals surface area contributed by atoms with Crippen molar-refractivity contribution in [2.45, 2.75) is 6.92 Å². The minimum atomic E-state index is -0.242. The van der Waals surface area contributed by atoms with E-state index in [0.29, 0.717) is 44.2 Å². The molecule has 1 aliphatic rings. The Morgan fingerprint density at radius 2 is 2.10 bits per heavy atom. The van der Waals surface area contributed by atoms with Gasteiger partial charge < -0.3 is 15.1 Å². The number of carbonyl (C=O) groups is 2. The first-order chi connectivity index (χ1) is 10.1. The molecule has 0 spiro atoms. The summed E-state index contributed by atoms with van der Waals surface area (Å²) in [5.41, 5.74) is 0.345. The summed E-state index contributed by atoms with van der Waals surface area (Å²) in [4.78, 5) is 35.0. The third-order valence-electron chi connectivity index (χ3n) is 3.25. The summed E-state index contributed by atoms with van der Waals surface area (Å²) >= 11 is 0. The Morgan fingerprint density at radius 3 is 2.71 bits per heavy atom. The molecule has 112 valence electrons. The molecule has 0 radical (unpaired) electrons. The van der Waals surface area contributed by atoms with Crippen molar-refractivity contribution in [1.82, 2.24) is 20.2 Å². The molecule has 0 bridgehead atoms. The standard InChI is InChI=1S/C14H19N5O2/c1-3-4-15-14(21)12-9-13(17-11(2)16-12)19-7-5-18(10-20)6-8-19/h3,9-10H,1,4-8H2,2H3,(H,15,21). The number of aromatic nitrogens is 2. The zero-order valence-electron chi connectivity index (χ0n) is 12.1. The fraction of sp³-hybridized carbons (Fsp3) is 0.429. The lowest BCUT2D eigenvalue weighted by atomic mass is 10.3. The molecule has 1 saturated heterocycles. The molecule has 1 aliphatic heterocycles. The zero-order chi connectivity index (χ0) is 15.2. The second-order valence-electron chi connectivity index (χ2n) is 4.79. The van der Waals surface area contributed by atoms with E-state index in [9.17, 15) is 9.59 Å². The van der Waals surface area contributed by atoms with Crippen LogP contribution in [0.15, 0.2) is 18.7 Å². The predicted molar refractivity (Wildman–Crippen MR) is 79.1 cm³/mol. The Labute approximate surface area is 123 Å². The number of hydrogen-bond donors (Lipinski definition) is 1. The van der Waals surface area contributed by atoms with Crippen molar-refractivity contribution in [1.29, 1.82) is 0 Å². The van der Waals surface area contributed by atoms with Crippen LogP contribution in [0.5, 0.6) is 0 Å². The maximum atomic E-state index is 12.0. The molecule has 0 saturated carbocycles. The average Bonchev–Trinajstić information content (AvgIpc) is 2.52. The summed E-state index contributed by atoms with van der Waals surface area (Å²) in [6.07, 6.45) is 2.47. The van der Waals surface area contributed by atoms with Gasteiger partial charge in [-0.1, -0.05) is 6.08 Å². The normalized spacial score (nSPS) is 14.7. The highest BCUT2D eigenvalue weighted by Gasteiger charge is 2.19. The van der Waals surface area contributed by atoms with Crippen molar-refractivity contribution in [2.75, 3.05) is 37.6 Å². The van der Waals surface area contributed by atoms with Gasteiger partial charge in [0.2, 0.25) is 6.41 Å². The van der Waals surface area contributed by atoms with Gasteiger partial charge in [0.25, 0.3) is 5.91 Å². The topological polar surface area (TPSA) is 78.4 Å². The monoisotopic (exact) mass is 289 g/mol. The third kappa shape index (κ3) is 3.77. The molecule has 1 aromatic heterocycles. The molecule has 2 heterocycles. The van der Waals surface area contributed by atoms with Crippen LogP contribution in [0, 0.1) is 6.92 Å². The number of rotatable bonds is 5. The number of hydrogen-bond acceptors (Lipinski definition) is 5. The number of aryl methyl sites for hydroxylation is 1. The number of piperazine rings is 1. The van der Waals surface area contributed by atoms with Crippen LogP contribution in [-0.2, 0) is 4.79 Å². The molecule has 1 N–H and O–H groups in total. The number of nitrogens with zero attached hydrogens (tertiary/aromatic N) is 4. The highest BCUT2D eigenvalue weighted by molar-refractivity contribution is 5.93. The van der Waals surface area contributed by atoms with Gasteiger partial charge in [0.05, 0.1) is 0 Å². The lowest BCUT2D eigenvalue weighted by molar-refractivity contribution is -0.118. The predicted octanol–water partition coefficient (Wildman–Crippen LogP) is -0.0208. The van der Waals surface area contributed by atoms with Crippen LogP contribution in [0.25, 0.3) is 0 Å². The van der Waals surface area contributed by atoms with Gasteiger partial charge in [-0.25, -0.2) is 9.97 Å². The van der Waals surface area contributed by atoms with Gasteiger partial charge in [0.15, 0.2) is 0 Å². The van der Waals surface area contributed by atoms with Crippen LogP contribution in [0.3, 0.4) is 0 Å². The summed E-state index contributed by atoms with van der Waals surface area (Å²) in [5, 5.41) is 2.70. The van der Waals surface area contributed by atoms with Crippen molar-refractivity contribution in [3.63, 3.8) is 0 Å². The maximum Gasteiger partial charge on any atom is 0.270 e. The van der Waals surface area contributed by atoms with Crippen LogP contribution < -0.4 is 10.2 Å². The van der Waals surface area contributed by atoms with E-state index in [1.54, 1.807) is 24.0 Å². The number of carbonyl (C=O) groups excluding carboxylic acids is 2. The van der Waals surface area contributed by atoms with Crippen molar-refractivity contribution in [2.24, 2.45) is 0 Å². The minimum Gasteiger partial charge on any atom is -0.353 e. The van der Waals surface area contributed by atoms with Crippen molar-refractivity contribution < 1.29 is 9.59 Å². The molecular weight excluding hydrogens is 270 g/mol. The maximum absolute atomic E-state index is 12.0. The van der Waals surface area contributed by atoms with Gasteiger partial charge in [0.1, 0.15) is 17.3 Å². The molecule has 2 amide bonds. The van der Waals surface area contributed by atoms with E-state index in [-0.39, 0.29) is 5.91 Å². The number of amides is 2. The van der Waals surface area contributed by atoms with E-state index >= 15 is 0 Å². The molecule has 0 atom stereocenters. The fourth-order valence-electron chi connectivity index (χ4n) is 2.14. The smallest absolute Gasteiger partial charge is 0.270 e.